The molecule has 0 unspecified atom stereocenters. The fraction of sp³-hybridized carbons (Fsp3) is 0.543. The molecule has 0 spiro atoms. The van der Waals surface area contributed by atoms with Crippen molar-refractivity contribution in [2.75, 3.05) is 114 Å². The summed E-state index contributed by atoms with van der Waals surface area (Å²) in [6.45, 7) is 28.5. The van der Waals surface area contributed by atoms with Crippen LogP contribution in [-0.2, 0) is 85.2 Å². The predicted octanol–water partition coefficient (Wildman–Crippen LogP) is 9.73. The van der Waals surface area contributed by atoms with Gasteiger partial charge in [-0.3, -0.25) is 38.8 Å². The fourth-order valence-electron chi connectivity index (χ4n) is 16.1. The topological polar surface area (TPSA) is 376 Å². The van der Waals surface area contributed by atoms with Gasteiger partial charge in [0.25, 0.3) is 5.91 Å². The van der Waals surface area contributed by atoms with Gasteiger partial charge in [-0.15, -0.1) is 0 Å². The lowest BCUT2D eigenvalue weighted by Gasteiger charge is -2.36. The van der Waals surface area contributed by atoms with E-state index in [0.717, 1.165) is 66.0 Å². The molecule has 4 N–H and O–H groups in total. The highest BCUT2D eigenvalue weighted by Crippen LogP contribution is 2.36. The number of esters is 4. The van der Waals surface area contributed by atoms with Gasteiger partial charge >= 0.3 is 30.0 Å². The smallest absolute Gasteiger partial charge is 0.410 e. The number of ether oxygens (including phenoxy) is 10. The number of fused-ring (bicyclic) bond motifs is 5. The first-order chi connectivity index (χ1) is 59.7. The molecule has 4 fully saturated rings. The number of carbonyl (C=O) groups is 12. The lowest BCUT2D eigenvalue weighted by molar-refractivity contribution is -0.142. The molecule has 0 aromatic heterocycles. The first-order valence-electron chi connectivity index (χ1n) is 42.9. The zero-order chi connectivity index (χ0) is 90.5. The van der Waals surface area contributed by atoms with Crippen LogP contribution in [0.5, 0.6) is 28.7 Å². The first kappa shape index (κ1) is 111. The number of piperidine rings is 4. The molecule has 9 aliphatic heterocycles. The van der Waals surface area contributed by atoms with E-state index in [1.54, 1.807) is 101 Å². The van der Waals surface area contributed by atoms with Crippen LogP contribution in [0.25, 0.3) is 0 Å². The Labute approximate surface area is 796 Å². The summed E-state index contributed by atoms with van der Waals surface area (Å²) >= 11 is 0. The van der Waals surface area contributed by atoms with E-state index in [-0.39, 0.29) is 169 Å². The lowest BCUT2D eigenvalue weighted by atomic mass is 9.94. The molecule has 130 heavy (non-hydrogen) atoms. The Bertz CT molecular complexity index is 4580. The van der Waals surface area contributed by atoms with Gasteiger partial charge in [0, 0.05) is 149 Å². The SMILES string of the molecule is CC(=O)N1CCC(C(=O)N2Cc3ccc(C(=O)NO)cc3OC[C@@H]2C)CC1.COC(=O)c1ccc2c(c1)OC[C@H](C)N(C(=O)C1CCN(C(=O)OC(C)(C)C)CC1)C2.COC(=O)c1ccc2c(c1)OC[C@H](C)N(C(=O)C1CCN(C(C)=O)CC1)C2.COC(=O)c1ccc2c(c1)OC[C@H](C)N(C(=O)C1CCNCC1)C2.COC(=O)c1ccc2c(c1)OC[C@H](C)NC2.S.S.S.S.S. The van der Waals surface area contributed by atoms with Gasteiger partial charge in [0.1, 0.15) is 67.4 Å². The Morgan fingerprint density at radius 2 is 0.638 bits per heavy atom. The number of likely N-dealkylation sites (tertiary alicyclic amines) is 3. The molecular formula is C92H132N10O23S5. The standard InChI is InChI=1S/C23H32N2O6.C20H26N2O5.C19H25N3O5.C18H24N2O4.C12H15NO3.5H2S/c1-15-14-30-19-12-17(21(27)29-5)6-7-18(19)13-25(15)20(26)16-8-10-24(11-9-16)22(28)31-23(2,3)4;1-13-12-27-18-10-16(20(25)26-3)4-5-17(18)11-22(13)19(24)15-6-8-21(9-7-15)14(2)23;1-12-11-27-17-9-15(18(24)20-26)3-4-16(17)10-22(12)19(25)14-5-7-21(8-6-14)13(2)23;1-12-11-24-16-9-14(18(22)23-2)3-4-15(16)10-20(12)17(21)13-5-7-19-8-6-13;1-8-7-16-11-5-9(12(14)15-2)3-4-10(11)6-13-8;;;;;/h6-7,12,15-16H,8-11,13-14H2,1-5H3;4-5,10,13,15H,6-9,11-12H2,1-3H3;3-4,9,12,14,26H,5-8,10-11H2,1-2H3,(H,20,24);3-4,9,12-13,19H,5-8,10-11H2,1-2H3;3-5,8,13H,6-7H2,1-2H3;5*1H2/t15-;13-;2*12-;8-;;;;;/m00000...../s1. The van der Waals surface area contributed by atoms with Gasteiger partial charge in [0.05, 0.1) is 74.9 Å². The molecule has 0 saturated carbocycles. The largest absolute Gasteiger partial charge is 0.492 e. The van der Waals surface area contributed by atoms with Crippen LogP contribution in [0.3, 0.4) is 0 Å². The average molecular weight is 1910 g/mol. The van der Waals surface area contributed by atoms with Gasteiger partial charge in [-0.25, -0.2) is 29.5 Å². The van der Waals surface area contributed by atoms with Crippen LogP contribution in [0.1, 0.15) is 200 Å². The number of benzene rings is 5. The minimum atomic E-state index is -0.608. The van der Waals surface area contributed by atoms with E-state index >= 15 is 0 Å². The minimum absolute atomic E-state index is 0. The van der Waals surface area contributed by atoms with Gasteiger partial charge in [-0.05, 0) is 181 Å². The van der Waals surface area contributed by atoms with E-state index in [2.05, 4.69) is 22.3 Å². The fourth-order valence-corrected chi connectivity index (χ4v) is 16.1. The van der Waals surface area contributed by atoms with E-state index in [1.165, 1.54) is 28.4 Å². The maximum absolute atomic E-state index is 13.3. The summed E-state index contributed by atoms with van der Waals surface area (Å²) in [5.41, 5.74) is 7.75. The minimum Gasteiger partial charge on any atom is -0.492 e. The van der Waals surface area contributed by atoms with Crippen molar-refractivity contribution in [2.24, 2.45) is 23.7 Å². The van der Waals surface area contributed by atoms with Crippen molar-refractivity contribution >= 4 is 139 Å². The van der Waals surface area contributed by atoms with E-state index < -0.39 is 23.4 Å². The predicted molar refractivity (Wildman–Crippen MR) is 509 cm³/mol. The molecule has 4 saturated heterocycles. The number of hydroxylamine groups is 1. The number of rotatable bonds is 9. The van der Waals surface area contributed by atoms with Crippen LogP contribution in [0, 0.1) is 23.7 Å². The van der Waals surface area contributed by atoms with Gasteiger partial charge in [0.2, 0.25) is 35.4 Å². The second kappa shape index (κ2) is 51.8. The Morgan fingerprint density at radius 3 is 0.923 bits per heavy atom. The van der Waals surface area contributed by atoms with Gasteiger partial charge in [-0.2, -0.15) is 67.5 Å². The Hall–Kier alpha value is -9.83. The van der Waals surface area contributed by atoms with Crippen LogP contribution >= 0.6 is 67.5 Å². The number of nitrogens with zero attached hydrogens (tertiary/aromatic N) is 7. The molecule has 9 heterocycles. The normalized spacial score (nSPS) is 19.5. The summed E-state index contributed by atoms with van der Waals surface area (Å²) in [7, 11) is 5.41. The lowest BCUT2D eigenvalue weighted by Crippen LogP contribution is -2.48. The maximum atomic E-state index is 13.3. The number of hydrogen-bond acceptors (Lipinski definition) is 25. The van der Waals surface area contributed by atoms with Crippen molar-refractivity contribution in [3.8, 4) is 28.7 Å². The van der Waals surface area contributed by atoms with Crippen LogP contribution < -0.4 is 39.8 Å². The highest BCUT2D eigenvalue weighted by molar-refractivity contribution is 7.60. The number of hydrogen-bond donors (Lipinski definition) is 4. The molecule has 9 aliphatic rings. The van der Waals surface area contributed by atoms with Crippen molar-refractivity contribution in [3.05, 3.63) is 147 Å². The molecular weight excluding hydrogens is 1770 g/mol. The van der Waals surface area contributed by atoms with Crippen molar-refractivity contribution in [1.82, 2.24) is 50.4 Å². The third-order valence-electron chi connectivity index (χ3n) is 23.8. The molecule has 0 bridgehead atoms. The second-order valence-electron chi connectivity index (χ2n) is 33.9. The van der Waals surface area contributed by atoms with E-state index in [1.807, 2.05) is 92.3 Å². The molecule has 0 radical (unpaired) electrons. The summed E-state index contributed by atoms with van der Waals surface area (Å²) in [5.74, 6) is 1.39. The highest BCUT2D eigenvalue weighted by atomic mass is 32.1. The van der Waals surface area contributed by atoms with Crippen LogP contribution in [0.15, 0.2) is 91.0 Å². The number of methoxy groups -OCH3 is 4. The quantitative estimate of drug-likeness (QED) is 0.0461. The molecule has 14 rings (SSSR count). The number of nitrogens with one attached hydrogen (secondary N) is 3. The first-order valence-corrected chi connectivity index (χ1v) is 42.9. The zero-order valence-electron chi connectivity index (χ0n) is 76.8. The Morgan fingerprint density at radius 1 is 0.377 bits per heavy atom. The van der Waals surface area contributed by atoms with Gasteiger partial charge in [0.15, 0.2) is 0 Å². The van der Waals surface area contributed by atoms with Crippen LogP contribution in [0.2, 0.25) is 0 Å². The van der Waals surface area contributed by atoms with Crippen molar-refractivity contribution < 1.29 is 110 Å². The maximum Gasteiger partial charge on any atom is 0.410 e. The molecule has 33 nitrogen and oxygen atoms in total. The van der Waals surface area contributed by atoms with Crippen LogP contribution in [-0.4, -0.2) is 260 Å². The summed E-state index contributed by atoms with van der Waals surface area (Å²) in [4.78, 5) is 159. The molecule has 38 heteroatoms. The third kappa shape index (κ3) is 29.6. The highest BCUT2D eigenvalue weighted by Gasteiger charge is 2.40. The molecule has 0 aliphatic carbocycles. The number of carbonyl (C=O) groups excluding carboxylic acids is 12. The second-order valence-corrected chi connectivity index (χ2v) is 33.9. The summed E-state index contributed by atoms with van der Waals surface area (Å²) in [6, 6.07) is 26.0. The summed E-state index contributed by atoms with van der Waals surface area (Å²) < 4.78 is 53.4. The Kier molecular flexibility index (Phi) is 44.1. The van der Waals surface area contributed by atoms with E-state index in [4.69, 9.17) is 47.8 Å². The molecule has 718 valence electrons. The zero-order valence-corrected chi connectivity index (χ0v) is 81.8. The Balaban J connectivity index is 0.000000288. The average Bonchev–Trinajstić information content (AvgIpc) is 1.63. The molecule has 5 aromatic rings. The van der Waals surface area contributed by atoms with E-state index in [0.29, 0.717) is 194 Å². The van der Waals surface area contributed by atoms with Crippen molar-refractivity contribution in [1.29, 1.82) is 0 Å². The van der Waals surface area contributed by atoms with Crippen molar-refractivity contribution in [2.45, 2.75) is 189 Å². The summed E-state index contributed by atoms with van der Waals surface area (Å²) in [5, 5.41) is 15.4. The third-order valence-corrected chi connectivity index (χ3v) is 23.8. The van der Waals surface area contributed by atoms with E-state index in [9.17, 15) is 57.5 Å². The van der Waals surface area contributed by atoms with Gasteiger partial charge < -0.3 is 92.3 Å². The van der Waals surface area contributed by atoms with Gasteiger partial charge in [-0.1, -0.05) is 30.3 Å². The molecule has 8 amide bonds. The summed E-state index contributed by atoms with van der Waals surface area (Å²) in [6.07, 6.45) is 5.38. The van der Waals surface area contributed by atoms with Crippen LogP contribution in [0.4, 0.5) is 4.79 Å². The molecule has 5 aromatic carbocycles. The number of amides is 8. The molecule has 5 atom stereocenters. The van der Waals surface area contributed by atoms with Crippen molar-refractivity contribution in [3.63, 3.8) is 0 Å². The monoisotopic (exact) mass is 1900 g/mol.